The number of tetrazole rings is 1. The predicted octanol–water partition coefficient (Wildman–Crippen LogP) is 4.36. The van der Waals surface area contributed by atoms with Gasteiger partial charge in [0.2, 0.25) is 0 Å². The second-order valence-corrected chi connectivity index (χ2v) is 6.62. The molecule has 2 heterocycles. The number of nitrogens with zero attached hydrogens (tertiary/aromatic N) is 4. The van der Waals surface area contributed by atoms with Gasteiger partial charge in [0, 0.05) is 11.6 Å². The van der Waals surface area contributed by atoms with Crippen LogP contribution in [0.25, 0.3) is 23.2 Å². The summed E-state index contributed by atoms with van der Waals surface area (Å²) in [4.78, 5) is 13.4. The molecule has 0 atom stereocenters. The summed E-state index contributed by atoms with van der Waals surface area (Å²) in [5.74, 6) is 1.11. The molecule has 31 heavy (non-hydrogen) atoms. The zero-order valence-corrected chi connectivity index (χ0v) is 16.9. The summed E-state index contributed by atoms with van der Waals surface area (Å²) in [6.07, 6.45) is 3.98. The molecule has 4 rings (SSSR count). The second kappa shape index (κ2) is 9.53. The summed E-state index contributed by atoms with van der Waals surface area (Å²) in [5, 5.41) is 14.9. The van der Waals surface area contributed by atoms with E-state index in [-0.39, 0.29) is 5.70 Å². The fourth-order valence-corrected chi connectivity index (χ4v) is 2.94. The van der Waals surface area contributed by atoms with Gasteiger partial charge in [0.25, 0.3) is 5.91 Å². The van der Waals surface area contributed by atoms with E-state index in [9.17, 15) is 4.79 Å². The molecule has 0 saturated carbocycles. The molecule has 0 aliphatic carbocycles. The van der Waals surface area contributed by atoms with E-state index in [1.807, 2.05) is 55.5 Å². The zero-order chi connectivity index (χ0) is 21.5. The number of ether oxygens (including phenoxy) is 1. The van der Waals surface area contributed by atoms with E-state index in [1.54, 1.807) is 24.3 Å². The van der Waals surface area contributed by atoms with Crippen molar-refractivity contribution in [3.8, 4) is 17.1 Å². The minimum absolute atomic E-state index is 0.198. The molecule has 0 radical (unpaired) electrons. The van der Waals surface area contributed by atoms with Gasteiger partial charge in [0.05, 0.1) is 18.6 Å². The Kier molecular flexibility index (Phi) is 6.18. The molecule has 0 spiro atoms. The lowest BCUT2D eigenvalue weighted by molar-refractivity contribution is -0.111. The second-order valence-electron chi connectivity index (χ2n) is 6.62. The molecule has 0 saturated heterocycles. The Labute approximate surface area is 179 Å². The highest BCUT2D eigenvalue weighted by Gasteiger charge is 2.21. The average molecular weight is 415 g/mol. The Morgan fingerprint density at radius 3 is 2.68 bits per heavy atom. The summed E-state index contributed by atoms with van der Waals surface area (Å²) in [6.45, 7) is 2.57. The first-order chi connectivity index (χ1) is 15.3. The summed E-state index contributed by atoms with van der Waals surface area (Å²) in [5.41, 5.74) is 1.53. The van der Waals surface area contributed by atoms with Crippen molar-refractivity contribution in [2.75, 3.05) is 11.9 Å². The van der Waals surface area contributed by atoms with Gasteiger partial charge in [-0.3, -0.25) is 4.79 Å². The third kappa shape index (κ3) is 4.69. The monoisotopic (exact) mass is 415 g/mol. The van der Waals surface area contributed by atoms with Gasteiger partial charge in [-0.05, 0) is 41.1 Å². The lowest BCUT2D eigenvalue weighted by Gasteiger charge is -2.14. The van der Waals surface area contributed by atoms with Gasteiger partial charge in [-0.25, -0.2) is 0 Å². The fourth-order valence-electron chi connectivity index (χ4n) is 2.94. The number of hydrogen-bond donors (Lipinski definition) is 1. The number of rotatable bonds is 8. The first-order valence-electron chi connectivity index (χ1n) is 9.89. The number of furan rings is 1. The number of nitrogens with one attached hydrogen (secondary N) is 1. The highest BCUT2D eigenvalue weighted by molar-refractivity contribution is 6.24. The maximum atomic E-state index is 13.4. The van der Waals surface area contributed by atoms with Crippen molar-refractivity contribution in [2.45, 2.75) is 13.3 Å². The standard InChI is InChI=1S/C23H21N5O3/c1-2-14-31-21-13-7-6-12-19(21)24-23(29)20(16-18-11-8-15-30-18)28-22(25-26-27-28)17-9-4-3-5-10-17/h3-13,15-16H,2,14H2,1H3,(H,24,29)/b20-16-. The fraction of sp³-hybridized carbons (Fsp3) is 0.130. The van der Waals surface area contributed by atoms with Gasteiger partial charge in [-0.15, -0.1) is 5.10 Å². The van der Waals surface area contributed by atoms with Gasteiger partial charge >= 0.3 is 0 Å². The van der Waals surface area contributed by atoms with Crippen molar-refractivity contribution < 1.29 is 13.9 Å². The van der Waals surface area contributed by atoms with Crippen LogP contribution in [0.15, 0.2) is 77.4 Å². The number of benzene rings is 2. The number of para-hydroxylation sites is 2. The predicted molar refractivity (Wildman–Crippen MR) is 117 cm³/mol. The van der Waals surface area contributed by atoms with Crippen molar-refractivity contribution in [1.29, 1.82) is 0 Å². The quantitative estimate of drug-likeness (QED) is 0.430. The van der Waals surface area contributed by atoms with Crippen LogP contribution in [-0.4, -0.2) is 32.7 Å². The molecule has 0 unspecified atom stereocenters. The molecule has 0 aliphatic rings. The normalized spacial score (nSPS) is 11.3. The van der Waals surface area contributed by atoms with Crippen LogP contribution in [0.4, 0.5) is 5.69 Å². The number of amides is 1. The van der Waals surface area contributed by atoms with Crippen molar-refractivity contribution in [2.24, 2.45) is 0 Å². The molecule has 1 N–H and O–H groups in total. The number of hydrogen-bond acceptors (Lipinski definition) is 6. The first kappa shape index (κ1) is 20.1. The lowest BCUT2D eigenvalue weighted by atomic mass is 10.2. The van der Waals surface area contributed by atoms with Crippen LogP contribution < -0.4 is 10.1 Å². The minimum Gasteiger partial charge on any atom is -0.491 e. The van der Waals surface area contributed by atoms with Gasteiger partial charge in [0.1, 0.15) is 17.2 Å². The molecule has 8 nitrogen and oxygen atoms in total. The van der Waals surface area contributed by atoms with E-state index < -0.39 is 5.91 Å². The number of aromatic nitrogens is 4. The molecule has 156 valence electrons. The van der Waals surface area contributed by atoms with Crippen LogP contribution in [0.1, 0.15) is 19.1 Å². The van der Waals surface area contributed by atoms with Crippen molar-refractivity contribution in [1.82, 2.24) is 20.2 Å². The lowest BCUT2D eigenvalue weighted by Crippen LogP contribution is -2.20. The van der Waals surface area contributed by atoms with Crippen LogP contribution in [0.5, 0.6) is 5.75 Å². The van der Waals surface area contributed by atoms with E-state index >= 15 is 0 Å². The van der Waals surface area contributed by atoms with Crippen molar-refractivity contribution in [3.05, 3.63) is 78.8 Å². The first-order valence-corrected chi connectivity index (χ1v) is 9.89. The summed E-state index contributed by atoms with van der Waals surface area (Å²) in [7, 11) is 0. The molecular weight excluding hydrogens is 394 g/mol. The maximum Gasteiger partial charge on any atom is 0.274 e. The molecule has 2 aromatic heterocycles. The van der Waals surface area contributed by atoms with Crippen molar-refractivity contribution in [3.63, 3.8) is 0 Å². The molecule has 0 fully saturated rings. The average Bonchev–Trinajstić information content (AvgIpc) is 3.49. The summed E-state index contributed by atoms with van der Waals surface area (Å²) < 4.78 is 12.6. The van der Waals surface area contributed by atoms with Gasteiger partial charge < -0.3 is 14.5 Å². The van der Waals surface area contributed by atoms with Crippen LogP contribution in [-0.2, 0) is 4.79 Å². The molecular formula is C23H21N5O3. The minimum atomic E-state index is -0.409. The number of carbonyl (C=O) groups is 1. The van der Waals surface area contributed by atoms with Crippen LogP contribution in [0, 0.1) is 0 Å². The molecule has 8 heteroatoms. The summed E-state index contributed by atoms with van der Waals surface area (Å²) in [6, 6.07) is 20.2. The SMILES string of the molecule is CCCOc1ccccc1NC(=O)/C(=C/c1ccco1)n1nnnc1-c1ccccc1. The van der Waals surface area contributed by atoms with Crippen LogP contribution in [0.3, 0.4) is 0 Å². The van der Waals surface area contributed by atoms with E-state index in [0.717, 1.165) is 12.0 Å². The van der Waals surface area contributed by atoms with Gasteiger partial charge in [0.15, 0.2) is 5.82 Å². The Bertz CT molecular complexity index is 1170. The van der Waals surface area contributed by atoms with Crippen LogP contribution in [0.2, 0.25) is 0 Å². The molecule has 0 bridgehead atoms. The van der Waals surface area contributed by atoms with E-state index in [2.05, 4.69) is 20.8 Å². The topological polar surface area (TPSA) is 95.1 Å². The Morgan fingerprint density at radius 2 is 1.90 bits per heavy atom. The molecule has 2 aromatic carbocycles. The van der Waals surface area contributed by atoms with Crippen molar-refractivity contribution >= 4 is 23.4 Å². The van der Waals surface area contributed by atoms with E-state index in [4.69, 9.17) is 9.15 Å². The molecule has 4 aromatic rings. The Hall–Kier alpha value is -4.20. The number of carbonyl (C=O) groups excluding carboxylic acids is 1. The Morgan fingerprint density at radius 1 is 1.10 bits per heavy atom. The smallest absolute Gasteiger partial charge is 0.274 e. The number of anilines is 1. The van der Waals surface area contributed by atoms with Crippen LogP contribution >= 0.6 is 0 Å². The zero-order valence-electron chi connectivity index (χ0n) is 16.9. The highest BCUT2D eigenvalue weighted by Crippen LogP contribution is 2.26. The molecule has 1 amide bonds. The molecule has 0 aliphatic heterocycles. The largest absolute Gasteiger partial charge is 0.491 e. The third-order valence-electron chi connectivity index (χ3n) is 4.38. The van der Waals surface area contributed by atoms with E-state index in [1.165, 1.54) is 10.9 Å². The van der Waals surface area contributed by atoms with E-state index in [0.29, 0.717) is 29.6 Å². The maximum absolute atomic E-state index is 13.4. The Balaban J connectivity index is 1.72. The van der Waals surface area contributed by atoms with Gasteiger partial charge in [-0.2, -0.15) is 4.68 Å². The highest BCUT2D eigenvalue weighted by atomic mass is 16.5. The summed E-state index contributed by atoms with van der Waals surface area (Å²) >= 11 is 0. The van der Waals surface area contributed by atoms with Gasteiger partial charge in [-0.1, -0.05) is 49.4 Å². The third-order valence-corrected chi connectivity index (χ3v) is 4.38.